The van der Waals surface area contributed by atoms with E-state index in [0.29, 0.717) is 5.02 Å². The predicted molar refractivity (Wildman–Crippen MR) is 89.2 cm³/mol. The summed E-state index contributed by atoms with van der Waals surface area (Å²) in [6.45, 7) is 0. The molecular formula is C16H13Cl2NS. The fraction of sp³-hybridized carbons (Fsp3) is 0.125. The van der Waals surface area contributed by atoms with Crippen LogP contribution in [0.1, 0.15) is 17.2 Å². The molecule has 1 N–H and O–H groups in total. The van der Waals surface area contributed by atoms with Crippen molar-refractivity contribution in [3.63, 3.8) is 0 Å². The second-order valence-corrected chi connectivity index (χ2v) is 6.33. The Bertz CT molecular complexity index is 751. The number of fused-ring (bicyclic) bond motifs is 1. The zero-order valence-corrected chi connectivity index (χ0v) is 13.2. The van der Waals surface area contributed by atoms with Gasteiger partial charge in [0.2, 0.25) is 0 Å². The Hall–Kier alpha value is -1.06. The van der Waals surface area contributed by atoms with Gasteiger partial charge in [-0.15, -0.1) is 11.3 Å². The van der Waals surface area contributed by atoms with E-state index in [4.69, 9.17) is 23.2 Å². The SMILES string of the molecule is CNC(c1cc(Cl)ccc1Cl)c1cccc2ccsc12. The first-order chi connectivity index (χ1) is 9.70. The number of hydrogen-bond donors (Lipinski definition) is 1. The molecule has 3 rings (SSSR count). The second kappa shape index (κ2) is 5.74. The first-order valence-corrected chi connectivity index (χ1v) is 7.92. The molecule has 2 aromatic carbocycles. The van der Waals surface area contributed by atoms with Gasteiger partial charge in [0, 0.05) is 14.7 Å². The Kier molecular flexibility index (Phi) is 3.99. The van der Waals surface area contributed by atoms with Crippen LogP contribution in [-0.2, 0) is 0 Å². The van der Waals surface area contributed by atoms with Crippen molar-refractivity contribution < 1.29 is 0 Å². The molecule has 1 atom stereocenters. The van der Waals surface area contributed by atoms with Crippen LogP contribution in [0.3, 0.4) is 0 Å². The maximum absolute atomic E-state index is 6.35. The molecule has 0 spiro atoms. The van der Waals surface area contributed by atoms with E-state index in [9.17, 15) is 0 Å². The quantitative estimate of drug-likeness (QED) is 0.670. The van der Waals surface area contributed by atoms with Gasteiger partial charge >= 0.3 is 0 Å². The third-order valence-corrected chi connectivity index (χ3v) is 4.94. The molecule has 0 radical (unpaired) electrons. The van der Waals surface area contributed by atoms with E-state index in [-0.39, 0.29) is 6.04 Å². The molecule has 0 aliphatic rings. The Morgan fingerprint density at radius 2 is 1.90 bits per heavy atom. The van der Waals surface area contributed by atoms with E-state index in [1.807, 2.05) is 25.2 Å². The summed E-state index contributed by atoms with van der Waals surface area (Å²) in [5.41, 5.74) is 2.23. The van der Waals surface area contributed by atoms with Gasteiger partial charge in [0.05, 0.1) is 6.04 Å². The smallest absolute Gasteiger partial charge is 0.0603 e. The first-order valence-electron chi connectivity index (χ1n) is 6.29. The summed E-state index contributed by atoms with van der Waals surface area (Å²) in [5, 5.41) is 8.14. The topological polar surface area (TPSA) is 12.0 Å². The van der Waals surface area contributed by atoms with Gasteiger partial charge in [-0.05, 0) is 53.2 Å². The van der Waals surface area contributed by atoms with Gasteiger partial charge < -0.3 is 5.32 Å². The number of rotatable bonds is 3. The van der Waals surface area contributed by atoms with Crippen LogP contribution in [0.2, 0.25) is 10.0 Å². The van der Waals surface area contributed by atoms with Crippen LogP contribution >= 0.6 is 34.5 Å². The molecule has 3 aromatic rings. The van der Waals surface area contributed by atoms with Crippen molar-refractivity contribution in [2.45, 2.75) is 6.04 Å². The van der Waals surface area contributed by atoms with Crippen molar-refractivity contribution in [3.05, 3.63) is 69.0 Å². The molecule has 0 amide bonds. The van der Waals surface area contributed by atoms with Crippen LogP contribution in [0.15, 0.2) is 47.8 Å². The van der Waals surface area contributed by atoms with Gasteiger partial charge in [-0.1, -0.05) is 41.4 Å². The summed E-state index contributed by atoms with van der Waals surface area (Å²) in [7, 11) is 1.94. The Morgan fingerprint density at radius 1 is 1.05 bits per heavy atom. The molecule has 0 saturated heterocycles. The molecule has 1 nitrogen and oxygen atoms in total. The maximum atomic E-state index is 6.35. The van der Waals surface area contributed by atoms with Crippen molar-refractivity contribution in [1.29, 1.82) is 0 Å². The van der Waals surface area contributed by atoms with Crippen LogP contribution in [0.5, 0.6) is 0 Å². The molecule has 0 aliphatic carbocycles. The maximum Gasteiger partial charge on any atom is 0.0603 e. The van der Waals surface area contributed by atoms with E-state index < -0.39 is 0 Å². The summed E-state index contributed by atoms with van der Waals surface area (Å²) in [4.78, 5) is 0. The molecule has 4 heteroatoms. The van der Waals surface area contributed by atoms with Crippen LogP contribution < -0.4 is 5.32 Å². The van der Waals surface area contributed by atoms with Crippen molar-refractivity contribution in [2.75, 3.05) is 7.05 Å². The minimum atomic E-state index is 0.0311. The number of halogens is 2. The number of benzene rings is 2. The first kappa shape index (κ1) is 13.9. The molecule has 1 aromatic heterocycles. The highest BCUT2D eigenvalue weighted by Gasteiger charge is 2.18. The third-order valence-electron chi connectivity index (χ3n) is 3.38. The summed E-state index contributed by atoms with van der Waals surface area (Å²) >= 11 is 14.2. The van der Waals surface area contributed by atoms with Gasteiger partial charge in [-0.3, -0.25) is 0 Å². The standard InChI is InChI=1S/C16H13Cl2NS/c1-19-15(13-9-11(17)5-6-14(13)18)12-4-2-3-10-7-8-20-16(10)12/h2-9,15,19H,1H3. The zero-order chi connectivity index (χ0) is 14.1. The zero-order valence-electron chi connectivity index (χ0n) is 10.9. The Morgan fingerprint density at radius 3 is 2.70 bits per heavy atom. The van der Waals surface area contributed by atoms with E-state index in [1.165, 1.54) is 15.6 Å². The fourth-order valence-corrected chi connectivity index (χ4v) is 3.81. The van der Waals surface area contributed by atoms with E-state index in [0.717, 1.165) is 10.6 Å². The molecule has 0 aliphatic heterocycles. The molecule has 0 saturated carbocycles. The van der Waals surface area contributed by atoms with E-state index >= 15 is 0 Å². The summed E-state index contributed by atoms with van der Waals surface area (Å²) in [6, 6.07) is 14.1. The van der Waals surface area contributed by atoms with Crippen LogP contribution in [-0.4, -0.2) is 7.05 Å². The van der Waals surface area contributed by atoms with Gasteiger partial charge in [0.15, 0.2) is 0 Å². The van der Waals surface area contributed by atoms with Crippen LogP contribution in [0.25, 0.3) is 10.1 Å². The lowest BCUT2D eigenvalue weighted by molar-refractivity contribution is 0.698. The second-order valence-electron chi connectivity index (χ2n) is 4.57. The molecular weight excluding hydrogens is 309 g/mol. The van der Waals surface area contributed by atoms with Gasteiger partial charge in [-0.2, -0.15) is 0 Å². The number of thiophene rings is 1. The highest BCUT2D eigenvalue weighted by molar-refractivity contribution is 7.17. The molecule has 1 unspecified atom stereocenters. The van der Waals surface area contributed by atoms with E-state index in [1.54, 1.807) is 11.3 Å². The lowest BCUT2D eigenvalue weighted by Crippen LogP contribution is -2.18. The molecule has 0 bridgehead atoms. The highest BCUT2D eigenvalue weighted by Crippen LogP contribution is 2.35. The van der Waals surface area contributed by atoms with E-state index in [2.05, 4.69) is 35.0 Å². The average Bonchev–Trinajstić information content (AvgIpc) is 2.92. The van der Waals surface area contributed by atoms with Crippen molar-refractivity contribution in [3.8, 4) is 0 Å². The van der Waals surface area contributed by atoms with Crippen molar-refractivity contribution in [2.24, 2.45) is 0 Å². The summed E-state index contributed by atoms with van der Waals surface area (Å²) in [5.74, 6) is 0. The third kappa shape index (κ3) is 2.45. The van der Waals surface area contributed by atoms with Gasteiger partial charge in [0.1, 0.15) is 0 Å². The monoisotopic (exact) mass is 321 g/mol. The Balaban J connectivity index is 2.19. The number of hydrogen-bond acceptors (Lipinski definition) is 2. The predicted octanol–water partition coefficient (Wildman–Crippen LogP) is 5.52. The molecule has 20 heavy (non-hydrogen) atoms. The lowest BCUT2D eigenvalue weighted by atomic mass is 9.98. The summed E-state index contributed by atoms with van der Waals surface area (Å²) < 4.78 is 1.28. The number of nitrogens with one attached hydrogen (secondary N) is 1. The molecule has 102 valence electrons. The molecule has 0 fully saturated rings. The van der Waals surface area contributed by atoms with Crippen LogP contribution in [0, 0.1) is 0 Å². The Labute approximate surface area is 132 Å². The van der Waals surface area contributed by atoms with Crippen molar-refractivity contribution >= 4 is 44.6 Å². The van der Waals surface area contributed by atoms with Crippen LogP contribution in [0.4, 0.5) is 0 Å². The fourth-order valence-electron chi connectivity index (χ4n) is 2.46. The molecule has 1 heterocycles. The normalized spacial score (nSPS) is 12.8. The van der Waals surface area contributed by atoms with Crippen molar-refractivity contribution in [1.82, 2.24) is 5.32 Å². The largest absolute Gasteiger partial charge is 0.309 e. The van der Waals surface area contributed by atoms with Gasteiger partial charge in [0.25, 0.3) is 0 Å². The minimum absolute atomic E-state index is 0.0311. The highest BCUT2D eigenvalue weighted by atomic mass is 35.5. The lowest BCUT2D eigenvalue weighted by Gasteiger charge is -2.19. The average molecular weight is 322 g/mol. The summed E-state index contributed by atoms with van der Waals surface area (Å²) in [6.07, 6.45) is 0. The van der Waals surface area contributed by atoms with Gasteiger partial charge in [-0.25, -0.2) is 0 Å². The minimum Gasteiger partial charge on any atom is -0.309 e.